The van der Waals surface area contributed by atoms with Gasteiger partial charge in [0.15, 0.2) is 5.82 Å². The van der Waals surface area contributed by atoms with Crippen LogP contribution in [0.4, 0.5) is 5.69 Å². The minimum Gasteiger partial charge on any atom is -0.398 e. The quantitative estimate of drug-likeness (QED) is 0.711. The summed E-state index contributed by atoms with van der Waals surface area (Å²) in [5.41, 5.74) is 8.65. The summed E-state index contributed by atoms with van der Waals surface area (Å²) in [6.45, 7) is 1.93. The van der Waals surface area contributed by atoms with Gasteiger partial charge in [0.2, 0.25) is 0 Å². The van der Waals surface area contributed by atoms with E-state index in [9.17, 15) is 0 Å². The molecule has 0 aliphatic carbocycles. The van der Waals surface area contributed by atoms with Crippen molar-refractivity contribution >= 4 is 5.69 Å². The van der Waals surface area contributed by atoms with Crippen LogP contribution in [0.15, 0.2) is 54.6 Å². The Hall–Kier alpha value is -2.62. The Morgan fingerprint density at radius 1 is 0.895 bits per heavy atom. The molecule has 0 fully saturated rings. The topological polar surface area (TPSA) is 56.7 Å². The number of nitrogen functional groups attached to an aromatic ring is 1. The minimum atomic E-state index is 0.701. The smallest absolute Gasteiger partial charge is 0.170 e. The largest absolute Gasteiger partial charge is 0.398 e. The van der Waals surface area contributed by atoms with Crippen LogP contribution in [0.25, 0.3) is 17.1 Å². The van der Waals surface area contributed by atoms with Gasteiger partial charge in [-0.2, -0.15) is 0 Å². The van der Waals surface area contributed by atoms with E-state index in [1.54, 1.807) is 0 Å². The molecule has 0 aliphatic rings. The molecule has 0 radical (unpaired) electrons. The fraction of sp³-hybridized carbons (Fsp3) is 0.0667. The second-order valence-corrected chi connectivity index (χ2v) is 4.33. The Labute approximate surface area is 111 Å². The highest BCUT2D eigenvalue weighted by Crippen LogP contribution is 2.26. The third kappa shape index (κ3) is 1.97. The molecule has 0 amide bonds. The van der Waals surface area contributed by atoms with Gasteiger partial charge >= 0.3 is 0 Å². The average Bonchev–Trinajstić information content (AvgIpc) is 2.82. The molecule has 0 atom stereocenters. The molecule has 1 heterocycles. The van der Waals surface area contributed by atoms with Gasteiger partial charge in [0.1, 0.15) is 5.82 Å². The van der Waals surface area contributed by atoms with Gasteiger partial charge in [0.25, 0.3) is 0 Å². The molecule has 3 aromatic rings. The highest BCUT2D eigenvalue weighted by atomic mass is 15.3. The zero-order valence-corrected chi connectivity index (χ0v) is 10.6. The van der Waals surface area contributed by atoms with Crippen molar-refractivity contribution in [2.45, 2.75) is 6.92 Å². The minimum absolute atomic E-state index is 0.701. The second kappa shape index (κ2) is 4.57. The molecule has 0 bridgehead atoms. The van der Waals surface area contributed by atoms with E-state index in [2.05, 4.69) is 10.2 Å². The Morgan fingerprint density at radius 2 is 1.58 bits per heavy atom. The summed E-state index contributed by atoms with van der Waals surface area (Å²) in [5.74, 6) is 1.60. The lowest BCUT2D eigenvalue weighted by molar-refractivity contribution is 0.972. The van der Waals surface area contributed by atoms with E-state index < -0.39 is 0 Å². The number of aryl methyl sites for hydroxylation is 1. The highest BCUT2D eigenvalue weighted by Gasteiger charge is 2.14. The molecule has 0 unspecified atom stereocenters. The van der Waals surface area contributed by atoms with Crippen LogP contribution in [0.5, 0.6) is 0 Å². The number of hydrogen-bond acceptors (Lipinski definition) is 3. The van der Waals surface area contributed by atoms with Crippen molar-refractivity contribution in [3.05, 3.63) is 60.4 Å². The molecule has 0 spiro atoms. The van der Waals surface area contributed by atoms with E-state index in [0.29, 0.717) is 5.69 Å². The van der Waals surface area contributed by atoms with Crippen LogP contribution in [0.2, 0.25) is 0 Å². The van der Waals surface area contributed by atoms with Gasteiger partial charge in [-0.05, 0) is 31.2 Å². The van der Waals surface area contributed by atoms with Crippen LogP contribution in [-0.2, 0) is 0 Å². The molecule has 2 N–H and O–H groups in total. The lowest BCUT2D eigenvalue weighted by Gasteiger charge is -2.09. The molecule has 4 heteroatoms. The summed E-state index contributed by atoms with van der Waals surface area (Å²) < 4.78 is 2.01. The fourth-order valence-corrected chi connectivity index (χ4v) is 2.12. The van der Waals surface area contributed by atoms with Crippen molar-refractivity contribution in [2.24, 2.45) is 0 Å². The van der Waals surface area contributed by atoms with Crippen molar-refractivity contribution in [3.8, 4) is 17.1 Å². The van der Waals surface area contributed by atoms with Crippen LogP contribution in [-0.4, -0.2) is 14.8 Å². The van der Waals surface area contributed by atoms with E-state index in [-0.39, 0.29) is 0 Å². The van der Waals surface area contributed by atoms with Crippen LogP contribution < -0.4 is 5.73 Å². The van der Waals surface area contributed by atoms with Crippen LogP contribution >= 0.6 is 0 Å². The molecule has 0 aliphatic heterocycles. The van der Waals surface area contributed by atoms with Gasteiger partial charge in [-0.15, -0.1) is 10.2 Å². The Kier molecular flexibility index (Phi) is 2.76. The zero-order chi connectivity index (χ0) is 13.2. The van der Waals surface area contributed by atoms with Gasteiger partial charge in [-0.1, -0.05) is 30.3 Å². The predicted octanol–water partition coefficient (Wildman–Crippen LogP) is 2.82. The molecule has 94 valence electrons. The first-order chi connectivity index (χ1) is 9.27. The lowest BCUT2D eigenvalue weighted by Crippen LogP contribution is -2.01. The van der Waals surface area contributed by atoms with Gasteiger partial charge in [0.05, 0.1) is 0 Å². The molecule has 19 heavy (non-hydrogen) atoms. The summed E-state index contributed by atoms with van der Waals surface area (Å²) in [4.78, 5) is 0. The van der Waals surface area contributed by atoms with Crippen LogP contribution in [0.3, 0.4) is 0 Å². The zero-order valence-electron chi connectivity index (χ0n) is 10.6. The summed E-state index contributed by atoms with van der Waals surface area (Å²) in [7, 11) is 0. The molecular weight excluding hydrogens is 236 g/mol. The number of para-hydroxylation sites is 2. The van der Waals surface area contributed by atoms with Crippen LogP contribution in [0.1, 0.15) is 5.82 Å². The second-order valence-electron chi connectivity index (χ2n) is 4.33. The third-order valence-corrected chi connectivity index (χ3v) is 3.04. The first-order valence-corrected chi connectivity index (χ1v) is 6.09. The third-order valence-electron chi connectivity index (χ3n) is 3.04. The van der Waals surface area contributed by atoms with Gasteiger partial charge in [-0.3, -0.25) is 4.57 Å². The van der Waals surface area contributed by atoms with E-state index in [1.807, 2.05) is 66.1 Å². The van der Waals surface area contributed by atoms with E-state index in [4.69, 9.17) is 5.73 Å². The molecular formula is C15H14N4. The number of aromatic nitrogens is 3. The summed E-state index contributed by atoms with van der Waals surface area (Å²) in [6, 6.07) is 17.7. The number of nitrogens with two attached hydrogens (primary N) is 1. The number of anilines is 1. The van der Waals surface area contributed by atoms with Crippen molar-refractivity contribution in [1.29, 1.82) is 0 Å². The lowest BCUT2D eigenvalue weighted by atomic mass is 10.1. The first-order valence-electron chi connectivity index (χ1n) is 6.09. The SMILES string of the molecule is Cc1nnc(-c2ccccc2N)n1-c1ccccc1. The van der Waals surface area contributed by atoms with Gasteiger partial charge in [-0.25, -0.2) is 0 Å². The number of nitrogens with zero attached hydrogens (tertiary/aromatic N) is 3. The molecule has 0 saturated carbocycles. The molecule has 3 rings (SSSR count). The summed E-state index contributed by atoms with van der Waals surface area (Å²) in [6.07, 6.45) is 0. The van der Waals surface area contributed by atoms with Gasteiger partial charge < -0.3 is 5.73 Å². The molecule has 1 aromatic heterocycles. The number of hydrogen-bond donors (Lipinski definition) is 1. The maximum Gasteiger partial charge on any atom is 0.170 e. The first kappa shape index (κ1) is 11.5. The summed E-state index contributed by atoms with van der Waals surface area (Å²) >= 11 is 0. The van der Waals surface area contributed by atoms with E-state index >= 15 is 0 Å². The van der Waals surface area contributed by atoms with E-state index in [1.165, 1.54) is 0 Å². The Balaban J connectivity index is 2.23. The number of benzene rings is 2. The van der Waals surface area contributed by atoms with Crippen LogP contribution in [0, 0.1) is 6.92 Å². The van der Waals surface area contributed by atoms with Crippen molar-refractivity contribution in [3.63, 3.8) is 0 Å². The maximum absolute atomic E-state index is 6.03. The predicted molar refractivity (Wildman–Crippen MR) is 75.9 cm³/mol. The standard InChI is InChI=1S/C15H14N4/c1-11-17-18-15(13-9-5-6-10-14(13)16)19(11)12-7-3-2-4-8-12/h2-10H,16H2,1H3. The Bertz CT molecular complexity index is 701. The summed E-state index contributed by atoms with van der Waals surface area (Å²) in [5, 5.41) is 8.42. The normalized spacial score (nSPS) is 10.6. The Morgan fingerprint density at radius 3 is 2.32 bits per heavy atom. The van der Waals surface area contributed by atoms with Gasteiger partial charge in [0, 0.05) is 16.9 Å². The monoisotopic (exact) mass is 250 g/mol. The maximum atomic E-state index is 6.03. The van der Waals surface area contributed by atoms with E-state index in [0.717, 1.165) is 22.9 Å². The van der Waals surface area contributed by atoms with Crippen molar-refractivity contribution < 1.29 is 0 Å². The van der Waals surface area contributed by atoms with Crippen molar-refractivity contribution in [1.82, 2.24) is 14.8 Å². The molecule has 4 nitrogen and oxygen atoms in total. The van der Waals surface area contributed by atoms with Crippen molar-refractivity contribution in [2.75, 3.05) is 5.73 Å². The molecule has 0 saturated heterocycles. The fourth-order valence-electron chi connectivity index (χ4n) is 2.12. The average molecular weight is 250 g/mol. The highest BCUT2D eigenvalue weighted by molar-refractivity contribution is 5.72. The number of rotatable bonds is 2. The molecule has 2 aromatic carbocycles.